The summed E-state index contributed by atoms with van der Waals surface area (Å²) in [6, 6.07) is 11.0. The molecule has 0 amide bonds. The van der Waals surface area contributed by atoms with Crippen molar-refractivity contribution in [2.45, 2.75) is 32.7 Å². The van der Waals surface area contributed by atoms with E-state index >= 15 is 0 Å². The lowest BCUT2D eigenvalue weighted by molar-refractivity contribution is 0.375. The molecular weight excluding hydrogens is 248 g/mol. The lowest BCUT2D eigenvalue weighted by Gasteiger charge is -2.25. The maximum atomic E-state index is 4.34. The number of hydrogen-bond acceptors (Lipinski definition) is 3. The van der Waals surface area contributed by atoms with Gasteiger partial charge >= 0.3 is 0 Å². The maximum Gasteiger partial charge on any atom is 0.138 e. The van der Waals surface area contributed by atoms with Crippen LogP contribution >= 0.6 is 0 Å². The normalized spacial score (nSPS) is 14.2. The predicted molar refractivity (Wildman–Crippen MR) is 81.3 cm³/mol. The van der Waals surface area contributed by atoms with Crippen molar-refractivity contribution in [3.8, 4) is 0 Å². The first kappa shape index (κ1) is 14.7. The highest BCUT2D eigenvalue weighted by Gasteiger charge is 2.20. The molecule has 0 aliphatic carbocycles. The highest BCUT2D eigenvalue weighted by molar-refractivity contribution is 5.20. The molecule has 0 bridgehead atoms. The van der Waals surface area contributed by atoms with Gasteiger partial charge in [-0.2, -0.15) is 5.10 Å². The SMILES string of the molecule is CCCNC(c1ccccc1)C(C)Cc1ncnn1C. The number of hydrogen-bond donors (Lipinski definition) is 1. The Morgan fingerprint density at radius 1 is 1.25 bits per heavy atom. The average Bonchev–Trinajstić information content (AvgIpc) is 2.86. The molecular formula is C16H24N4. The van der Waals surface area contributed by atoms with Crippen molar-refractivity contribution >= 4 is 0 Å². The number of nitrogens with zero attached hydrogens (tertiary/aromatic N) is 3. The zero-order valence-electron chi connectivity index (χ0n) is 12.6. The van der Waals surface area contributed by atoms with Crippen LogP contribution in [0.1, 0.15) is 37.7 Å². The van der Waals surface area contributed by atoms with Crippen LogP contribution in [0.25, 0.3) is 0 Å². The summed E-state index contributed by atoms with van der Waals surface area (Å²) in [5.41, 5.74) is 1.34. The molecule has 0 aliphatic heterocycles. The molecule has 0 saturated heterocycles. The average molecular weight is 272 g/mol. The van der Waals surface area contributed by atoms with E-state index in [1.165, 1.54) is 5.56 Å². The van der Waals surface area contributed by atoms with Crippen molar-refractivity contribution in [1.82, 2.24) is 20.1 Å². The number of benzene rings is 1. The standard InChI is InChI=1S/C16H24N4/c1-4-10-17-16(14-8-6-5-7-9-14)13(2)11-15-18-12-19-20(15)3/h5-9,12-13,16-17H,4,10-11H2,1-3H3. The summed E-state index contributed by atoms with van der Waals surface area (Å²) in [6.45, 7) is 5.50. The van der Waals surface area contributed by atoms with Crippen molar-refractivity contribution < 1.29 is 0 Å². The van der Waals surface area contributed by atoms with Gasteiger partial charge < -0.3 is 5.32 Å². The predicted octanol–water partition coefficient (Wildman–Crippen LogP) is 2.73. The van der Waals surface area contributed by atoms with Gasteiger partial charge in [0.1, 0.15) is 12.2 Å². The Labute approximate surface area is 121 Å². The molecule has 1 heterocycles. The van der Waals surface area contributed by atoms with Crippen LogP contribution in [0, 0.1) is 5.92 Å². The first-order valence-electron chi connectivity index (χ1n) is 7.33. The Balaban J connectivity index is 2.12. The summed E-state index contributed by atoms with van der Waals surface area (Å²) in [4.78, 5) is 4.34. The van der Waals surface area contributed by atoms with Gasteiger partial charge in [0.25, 0.3) is 0 Å². The second kappa shape index (κ2) is 7.20. The Kier molecular flexibility index (Phi) is 5.30. The third-order valence-corrected chi connectivity index (χ3v) is 3.65. The number of aryl methyl sites for hydroxylation is 1. The van der Waals surface area contributed by atoms with Crippen LogP contribution in [0.4, 0.5) is 0 Å². The molecule has 2 aromatic rings. The molecule has 0 radical (unpaired) electrons. The van der Waals surface area contributed by atoms with Crippen LogP contribution < -0.4 is 5.32 Å². The smallest absolute Gasteiger partial charge is 0.138 e. The van der Waals surface area contributed by atoms with E-state index in [9.17, 15) is 0 Å². The zero-order chi connectivity index (χ0) is 14.4. The van der Waals surface area contributed by atoms with Crippen LogP contribution in [-0.2, 0) is 13.5 Å². The molecule has 20 heavy (non-hydrogen) atoms. The number of rotatable bonds is 7. The fourth-order valence-electron chi connectivity index (χ4n) is 2.52. The van der Waals surface area contributed by atoms with E-state index in [4.69, 9.17) is 0 Å². The fourth-order valence-corrected chi connectivity index (χ4v) is 2.52. The van der Waals surface area contributed by atoms with Crippen LogP contribution in [0.5, 0.6) is 0 Å². The minimum absolute atomic E-state index is 0.354. The molecule has 1 aromatic heterocycles. The maximum absolute atomic E-state index is 4.34. The molecule has 0 fully saturated rings. The van der Waals surface area contributed by atoms with Gasteiger partial charge in [-0.15, -0.1) is 0 Å². The molecule has 0 aliphatic rings. The van der Waals surface area contributed by atoms with E-state index in [2.05, 4.69) is 59.6 Å². The van der Waals surface area contributed by atoms with E-state index in [0.29, 0.717) is 12.0 Å². The van der Waals surface area contributed by atoms with Gasteiger partial charge in [-0.05, 0) is 24.4 Å². The minimum Gasteiger partial charge on any atom is -0.310 e. The fraction of sp³-hybridized carbons (Fsp3) is 0.500. The van der Waals surface area contributed by atoms with Crippen LogP contribution in [0.15, 0.2) is 36.7 Å². The molecule has 2 rings (SSSR count). The van der Waals surface area contributed by atoms with Gasteiger partial charge in [0.2, 0.25) is 0 Å². The van der Waals surface area contributed by atoms with Gasteiger partial charge in [0.15, 0.2) is 0 Å². The third-order valence-electron chi connectivity index (χ3n) is 3.65. The number of nitrogens with one attached hydrogen (secondary N) is 1. The molecule has 2 unspecified atom stereocenters. The highest BCUT2D eigenvalue weighted by atomic mass is 15.3. The second-order valence-corrected chi connectivity index (χ2v) is 5.32. The van der Waals surface area contributed by atoms with Gasteiger partial charge in [-0.1, -0.05) is 44.2 Å². The van der Waals surface area contributed by atoms with E-state index in [0.717, 1.165) is 25.2 Å². The topological polar surface area (TPSA) is 42.7 Å². The highest BCUT2D eigenvalue weighted by Crippen LogP contribution is 2.24. The molecule has 4 heteroatoms. The van der Waals surface area contributed by atoms with E-state index in [1.54, 1.807) is 6.33 Å². The molecule has 0 spiro atoms. The largest absolute Gasteiger partial charge is 0.310 e. The lowest BCUT2D eigenvalue weighted by Crippen LogP contribution is -2.29. The monoisotopic (exact) mass is 272 g/mol. The summed E-state index contributed by atoms with van der Waals surface area (Å²) in [6.07, 6.45) is 3.69. The van der Waals surface area contributed by atoms with Crippen molar-refractivity contribution in [1.29, 1.82) is 0 Å². The molecule has 0 saturated carbocycles. The second-order valence-electron chi connectivity index (χ2n) is 5.32. The molecule has 1 N–H and O–H groups in total. The summed E-state index contributed by atoms with van der Waals surface area (Å²) in [5, 5.41) is 7.81. The summed E-state index contributed by atoms with van der Waals surface area (Å²) < 4.78 is 1.86. The molecule has 2 atom stereocenters. The summed E-state index contributed by atoms with van der Waals surface area (Å²) in [5.74, 6) is 1.50. The van der Waals surface area contributed by atoms with Crippen molar-refractivity contribution in [2.24, 2.45) is 13.0 Å². The Morgan fingerprint density at radius 2 is 2.00 bits per heavy atom. The Morgan fingerprint density at radius 3 is 2.60 bits per heavy atom. The van der Waals surface area contributed by atoms with Crippen LogP contribution in [0.3, 0.4) is 0 Å². The first-order chi connectivity index (χ1) is 9.72. The summed E-state index contributed by atoms with van der Waals surface area (Å²) in [7, 11) is 1.95. The number of aromatic nitrogens is 3. The lowest BCUT2D eigenvalue weighted by atomic mass is 9.91. The van der Waals surface area contributed by atoms with Crippen molar-refractivity contribution in [2.75, 3.05) is 6.54 Å². The van der Waals surface area contributed by atoms with E-state index in [-0.39, 0.29) is 0 Å². The van der Waals surface area contributed by atoms with E-state index in [1.807, 2.05) is 11.7 Å². The van der Waals surface area contributed by atoms with Crippen molar-refractivity contribution in [3.63, 3.8) is 0 Å². The minimum atomic E-state index is 0.354. The first-order valence-corrected chi connectivity index (χ1v) is 7.33. The molecule has 1 aromatic carbocycles. The van der Waals surface area contributed by atoms with E-state index < -0.39 is 0 Å². The van der Waals surface area contributed by atoms with Gasteiger partial charge in [0.05, 0.1) is 0 Å². The van der Waals surface area contributed by atoms with Crippen LogP contribution in [-0.4, -0.2) is 21.3 Å². The Hall–Kier alpha value is -1.68. The van der Waals surface area contributed by atoms with Gasteiger partial charge in [-0.3, -0.25) is 4.68 Å². The quantitative estimate of drug-likeness (QED) is 0.842. The van der Waals surface area contributed by atoms with Gasteiger partial charge in [-0.25, -0.2) is 4.98 Å². The van der Waals surface area contributed by atoms with Crippen LogP contribution in [0.2, 0.25) is 0 Å². The van der Waals surface area contributed by atoms with Gasteiger partial charge in [0, 0.05) is 19.5 Å². The molecule has 108 valence electrons. The summed E-state index contributed by atoms with van der Waals surface area (Å²) >= 11 is 0. The molecule has 4 nitrogen and oxygen atoms in total. The van der Waals surface area contributed by atoms with Crippen molar-refractivity contribution in [3.05, 3.63) is 48.0 Å². The zero-order valence-corrected chi connectivity index (χ0v) is 12.6. The third kappa shape index (κ3) is 3.67. The Bertz CT molecular complexity index is 506.